The van der Waals surface area contributed by atoms with Crippen LogP contribution in [-0.4, -0.2) is 24.6 Å². The van der Waals surface area contributed by atoms with Crippen LogP contribution in [-0.2, 0) is 4.79 Å². The van der Waals surface area contributed by atoms with Gasteiger partial charge in [-0.3, -0.25) is 9.78 Å². The van der Waals surface area contributed by atoms with Gasteiger partial charge in [0.05, 0.1) is 31.9 Å². The van der Waals surface area contributed by atoms with Gasteiger partial charge in [0.2, 0.25) is 5.91 Å². The van der Waals surface area contributed by atoms with Crippen molar-refractivity contribution in [1.82, 2.24) is 4.98 Å². The number of amides is 1. The van der Waals surface area contributed by atoms with Gasteiger partial charge in [0.15, 0.2) is 0 Å². The zero-order chi connectivity index (χ0) is 22.5. The number of aromatic nitrogens is 1. The van der Waals surface area contributed by atoms with E-state index >= 15 is 0 Å². The second-order valence-electron chi connectivity index (χ2n) is 7.21. The summed E-state index contributed by atoms with van der Waals surface area (Å²) in [7, 11) is 1.60. The maximum atomic E-state index is 12.5. The van der Waals surface area contributed by atoms with Crippen molar-refractivity contribution in [3.8, 4) is 22.6 Å². The van der Waals surface area contributed by atoms with E-state index < -0.39 is 0 Å². The first-order chi connectivity index (χ1) is 15.6. The van der Waals surface area contributed by atoms with Crippen LogP contribution in [0.4, 0.5) is 5.69 Å². The number of nitrogens with one attached hydrogen (secondary N) is 1. The molecule has 0 radical (unpaired) electrons. The van der Waals surface area contributed by atoms with Gasteiger partial charge in [0.1, 0.15) is 17.1 Å². The van der Waals surface area contributed by atoms with Crippen molar-refractivity contribution in [3.05, 3.63) is 78.8 Å². The SMILES string of the molecule is CCOc1ccc(-c2coc3cc(OC)c(/C(C)=C/C(=O)Nc4cccnc4)cc23)cc1. The number of allylic oxidation sites excluding steroid dienone is 1. The molecule has 2 aromatic carbocycles. The molecule has 2 aromatic heterocycles. The average Bonchev–Trinajstić information content (AvgIpc) is 3.22. The van der Waals surface area contributed by atoms with Crippen molar-refractivity contribution in [2.45, 2.75) is 13.8 Å². The molecule has 162 valence electrons. The highest BCUT2D eigenvalue weighted by Gasteiger charge is 2.15. The van der Waals surface area contributed by atoms with Crippen molar-refractivity contribution < 1.29 is 18.7 Å². The molecule has 6 nitrogen and oxygen atoms in total. The topological polar surface area (TPSA) is 73.6 Å². The van der Waals surface area contributed by atoms with Crippen LogP contribution in [0, 0.1) is 0 Å². The van der Waals surface area contributed by atoms with Crippen molar-refractivity contribution in [3.63, 3.8) is 0 Å². The van der Waals surface area contributed by atoms with Gasteiger partial charge in [-0.2, -0.15) is 0 Å². The minimum atomic E-state index is -0.239. The third kappa shape index (κ3) is 4.49. The number of fused-ring (bicyclic) bond motifs is 1. The first kappa shape index (κ1) is 21.2. The monoisotopic (exact) mass is 428 g/mol. The number of carbonyl (C=O) groups is 1. The molecular weight excluding hydrogens is 404 g/mol. The summed E-state index contributed by atoms with van der Waals surface area (Å²) in [5, 5.41) is 3.75. The Morgan fingerprint density at radius 3 is 2.69 bits per heavy atom. The maximum Gasteiger partial charge on any atom is 0.248 e. The van der Waals surface area contributed by atoms with Gasteiger partial charge in [0.25, 0.3) is 0 Å². The summed E-state index contributed by atoms with van der Waals surface area (Å²) in [6.45, 7) is 4.46. The van der Waals surface area contributed by atoms with E-state index in [9.17, 15) is 4.79 Å². The van der Waals surface area contributed by atoms with Crippen LogP contribution < -0.4 is 14.8 Å². The predicted octanol–water partition coefficient (Wildman–Crippen LogP) is 5.94. The van der Waals surface area contributed by atoms with E-state index in [0.29, 0.717) is 23.6 Å². The Labute approximate surface area is 186 Å². The van der Waals surface area contributed by atoms with Gasteiger partial charge < -0.3 is 19.2 Å². The Morgan fingerprint density at radius 2 is 2.00 bits per heavy atom. The Bertz CT molecular complexity index is 1260. The molecule has 6 heteroatoms. The molecule has 0 unspecified atom stereocenters. The summed E-state index contributed by atoms with van der Waals surface area (Å²) in [6, 6.07) is 15.3. The molecule has 0 aliphatic carbocycles. The molecular formula is C26H24N2O4. The summed E-state index contributed by atoms with van der Waals surface area (Å²) >= 11 is 0. The fourth-order valence-electron chi connectivity index (χ4n) is 3.54. The lowest BCUT2D eigenvalue weighted by Gasteiger charge is -2.10. The Kier molecular flexibility index (Phi) is 6.22. The van der Waals surface area contributed by atoms with Crippen LogP contribution in [0.25, 0.3) is 27.7 Å². The van der Waals surface area contributed by atoms with Crippen LogP contribution in [0.5, 0.6) is 11.5 Å². The summed E-state index contributed by atoms with van der Waals surface area (Å²) in [4.78, 5) is 16.5. The summed E-state index contributed by atoms with van der Waals surface area (Å²) in [5.74, 6) is 1.22. The minimum absolute atomic E-state index is 0.239. The second-order valence-corrected chi connectivity index (χ2v) is 7.21. The number of carbonyl (C=O) groups excluding carboxylic acids is 1. The number of anilines is 1. The van der Waals surface area contributed by atoms with E-state index in [1.165, 1.54) is 0 Å². The van der Waals surface area contributed by atoms with Gasteiger partial charge >= 0.3 is 0 Å². The average molecular weight is 428 g/mol. The fraction of sp³-hybridized carbons (Fsp3) is 0.154. The molecule has 0 aliphatic heterocycles. The van der Waals surface area contributed by atoms with E-state index in [-0.39, 0.29) is 5.91 Å². The molecule has 0 atom stereocenters. The number of furan rings is 1. The molecule has 2 heterocycles. The number of ether oxygens (including phenoxy) is 2. The Balaban J connectivity index is 1.69. The molecule has 0 bridgehead atoms. The lowest BCUT2D eigenvalue weighted by atomic mass is 9.99. The number of methoxy groups -OCH3 is 1. The highest BCUT2D eigenvalue weighted by Crippen LogP contribution is 2.37. The standard InChI is InChI=1S/C26H24N2O4/c1-4-31-20-9-7-18(8-10-20)23-16-32-25-14-24(30-3)21(13-22(23)25)17(2)12-26(29)28-19-6-5-11-27-15-19/h5-16H,4H2,1-3H3,(H,28,29)/b17-12+. The quantitative estimate of drug-likeness (QED) is 0.369. The lowest BCUT2D eigenvalue weighted by Crippen LogP contribution is -2.08. The third-order valence-corrected chi connectivity index (χ3v) is 5.07. The highest BCUT2D eigenvalue weighted by molar-refractivity contribution is 6.05. The van der Waals surface area contributed by atoms with Crippen molar-refractivity contribution in [1.29, 1.82) is 0 Å². The molecule has 0 spiro atoms. The molecule has 1 amide bonds. The van der Waals surface area contributed by atoms with Crippen LogP contribution in [0.15, 0.2) is 77.7 Å². The molecule has 32 heavy (non-hydrogen) atoms. The van der Waals surface area contributed by atoms with Crippen LogP contribution in [0.2, 0.25) is 0 Å². The number of benzene rings is 2. The largest absolute Gasteiger partial charge is 0.496 e. The Morgan fingerprint density at radius 1 is 1.19 bits per heavy atom. The zero-order valence-electron chi connectivity index (χ0n) is 18.2. The number of hydrogen-bond acceptors (Lipinski definition) is 5. The van der Waals surface area contributed by atoms with Crippen LogP contribution in [0.3, 0.4) is 0 Å². The zero-order valence-corrected chi connectivity index (χ0v) is 18.2. The molecule has 0 fully saturated rings. The van der Waals surface area contributed by atoms with Gasteiger partial charge in [-0.15, -0.1) is 0 Å². The van der Waals surface area contributed by atoms with Crippen LogP contribution >= 0.6 is 0 Å². The second kappa shape index (κ2) is 9.39. The lowest BCUT2D eigenvalue weighted by molar-refractivity contribution is -0.111. The van der Waals surface area contributed by atoms with Crippen molar-refractivity contribution in [2.24, 2.45) is 0 Å². The van der Waals surface area contributed by atoms with Crippen molar-refractivity contribution >= 4 is 28.1 Å². The van der Waals surface area contributed by atoms with E-state index in [0.717, 1.165) is 33.4 Å². The minimum Gasteiger partial charge on any atom is -0.496 e. The first-order valence-corrected chi connectivity index (χ1v) is 10.3. The van der Waals surface area contributed by atoms with Gasteiger partial charge in [-0.25, -0.2) is 0 Å². The van der Waals surface area contributed by atoms with E-state index in [4.69, 9.17) is 13.9 Å². The molecule has 0 saturated carbocycles. The predicted molar refractivity (Wildman–Crippen MR) is 126 cm³/mol. The van der Waals surface area contributed by atoms with E-state index in [1.807, 2.05) is 50.2 Å². The van der Waals surface area contributed by atoms with E-state index in [2.05, 4.69) is 10.3 Å². The smallest absolute Gasteiger partial charge is 0.248 e. The van der Waals surface area contributed by atoms with Gasteiger partial charge in [-0.05, 0) is 55.3 Å². The highest BCUT2D eigenvalue weighted by atomic mass is 16.5. The number of rotatable bonds is 7. The van der Waals surface area contributed by atoms with Gasteiger partial charge in [0, 0.05) is 34.9 Å². The summed E-state index contributed by atoms with van der Waals surface area (Å²) in [5.41, 5.74) is 4.90. The first-order valence-electron chi connectivity index (χ1n) is 10.3. The number of hydrogen-bond donors (Lipinski definition) is 1. The van der Waals surface area contributed by atoms with E-state index in [1.54, 1.807) is 44.0 Å². The molecule has 4 rings (SSSR count). The summed E-state index contributed by atoms with van der Waals surface area (Å²) < 4.78 is 16.9. The van der Waals surface area contributed by atoms with Crippen LogP contribution in [0.1, 0.15) is 19.4 Å². The number of nitrogens with zero attached hydrogens (tertiary/aromatic N) is 1. The number of pyridine rings is 1. The molecule has 4 aromatic rings. The summed E-state index contributed by atoms with van der Waals surface area (Å²) in [6.07, 6.45) is 6.54. The Hall–Kier alpha value is -4.06. The maximum absolute atomic E-state index is 12.5. The van der Waals surface area contributed by atoms with Gasteiger partial charge in [-0.1, -0.05) is 12.1 Å². The molecule has 0 saturated heterocycles. The molecule has 0 aliphatic rings. The normalized spacial score (nSPS) is 11.4. The third-order valence-electron chi connectivity index (χ3n) is 5.07. The fourth-order valence-corrected chi connectivity index (χ4v) is 3.54. The van der Waals surface area contributed by atoms with Crippen molar-refractivity contribution in [2.75, 3.05) is 19.0 Å². The molecule has 1 N–H and O–H groups in total.